The van der Waals surface area contributed by atoms with E-state index < -0.39 is 5.97 Å². The standard InChI is InChI=1S/C19H20N2O3/c1-12-10-16-17(11-13(12)2)21(9-8-18(22)23)19(20-16)14-4-6-15(24-3)7-5-14/h4-7,10-11H,8-9H2,1-3H3,(H,22,23). The van der Waals surface area contributed by atoms with Crippen LogP contribution in [0.1, 0.15) is 17.5 Å². The molecule has 1 heterocycles. The van der Waals surface area contributed by atoms with Gasteiger partial charge in [-0.1, -0.05) is 0 Å². The second-order valence-electron chi connectivity index (χ2n) is 5.88. The number of nitrogens with zero attached hydrogens (tertiary/aromatic N) is 2. The molecule has 5 nitrogen and oxygen atoms in total. The largest absolute Gasteiger partial charge is 0.497 e. The number of imidazole rings is 1. The van der Waals surface area contributed by atoms with Crippen molar-refractivity contribution in [3.63, 3.8) is 0 Å². The molecule has 3 aromatic rings. The molecule has 1 N–H and O–H groups in total. The lowest BCUT2D eigenvalue weighted by Crippen LogP contribution is -2.06. The Morgan fingerprint density at radius 3 is 2.46 bits per heavy atom. The van der Waals surface area contributed by atoms with E-state index in [1.54, 1.807) is 7.11 Å². The molecular formula is C19H20N2O3. The summed E-state index contributed by atoms with van der Waals surface area (Å²) in [5, 5.41) is 9.06. The van der Waals surface area contributed by atoms with Gasteiger partial charge in [-0.2, -0.15) is 0 Å². The Balaban J connectivity index is 2.16. The van der Waals surface area contributed by atoms with Crippen LogP contribution in [-0.2, 0) is 11.3 Å². The number of hydrogen-bond acceptors (Lipinski definition) is 3. The van der Waals surface area contributed by atoms with Gasteiger partial charge in [0.1, 0.15) is 11.6 Å². The molecule has 0 saturated carbocycles. The molecule has 24 heavy (non-hydrogen) atoms. The van der Waals surface area contributed by atoms with Crippen LogP contribution in [-0.4, -0.2) is 27.7 Å². The van der Waals surface area contributed by atoms with E-state index in [1.807, 2.05) is 28.8 Å². The average Bonchev–Trinajstić information content (AvgIpc) is 2.91. The first-order valence-corrected chi connectivity index (χ1v) is 7.83. The minimum absolute atomic E-state index is 0.0571. The van der Waals surface area contributed by atoms with Gasteiger partial charge in [0, 0.05) is 12.1 Å². The number of aromatic nitrogens is 2. The Morgan fingerprint density at radius 2 is 1.83 bits per heavy atom. The molecule has 0 radical (unpaired) electrons. The van der Waals surface area contributed by atoms with Crippen molar-refractivity contribution in [2.45, 2.75) is 26.8 Å². The number of rotatable bonds is 5. The quantitative estimate of drug-likeness (QED) is 0.775. The van der Waals surface area contributed by atoms with Gasteiger partial charge in [0.2, 0.25) is 0 Å². The molecule has 0 atom stereocenters. The lowest BCUT2D eigenvalue weighted by atomic mass is 10.1. The Hall–Kier alpha value is -2.82. The van der Waals surface area contributed by atoms with Gasteiger partial charge < -0.3 is 14.4 Å². The first kappa shape index (κ1) is 16.1. The van der Waals surface area contributed by atoms with Crippen LogP contribution < -0.4 is 4.74 Å². The fourth-order valence-electron chi connectivity index (χ4n) is 2.77. The molecule has 0 amide bonds. The minimum atomic E-state index is -0.818. The van der Waals surface area contributed by atoms with Gasteiger partial charge in [0.25, 0.3) is 0 Å². The second-order valence-corrected chi connectivity index (χ2v) is 5.88. The monoisotopic (exact) mass is 324 g/mol. The maximum absolute atomic E-state index is 11.0. The highest BCUT2D eigenvalue weighted by atomic mass is 16.5. The Kier molecular flexibility index (Phi) is 4.25. The van der Waals surface area contributed by atoms with E-state index in [2.05, 4.69) is 26.0 Å². The zero-order chi connectivity index (χ0) is 17.3. The zero-order valence-corrected chi connectivity index (χ0v) is 14.0. The molecule has 0 aliphatic carbocycles. The smallest absolute Gasteiger partial charge is 0.305 e. The first-order valence-electron chi connectivity index (χ1n) is 7.83. The third-order valence-corrected chi connectivity index (χ3v) is 4.26. The van der Waals surface area contributed by atoms with Crippen molar-refractivity contribution in [1.82, 2.24) is 9.55 Å². The molecule has 0 spiro atoms. The third-order valence-electron chi connectivity index (χ3n) is 4.26. The van der Waals surface area contributed by atoms with E-state index in [-0.39, 0.29) is 6.42 Å². The third kappa shape index (κ3) is 2.97. The van der Waals surface area contributed by atoms with Gasteiger partial charge in [-0.15, -0.1) is 0 Å². The summed E-state index contributed by atoms with van der Waals surface area (Å²) in [5.41, 5.74) is 5.12. The average molecular weight is 324 g/mol. The molecule has 1 aromatic heterocycles. The van der Waals surface area contributed by atoms with E-state index in [0.717, 1.165) is 28.2 Å². The molecular weight excluding hydrogens is 304 g/mol. The number of aliphatic carboxylic acids is 1. The summed E-state index contributed by atoms with van der Waals surface area (Å²) in [4.78, 5) is 15.8. The normalized spacial score (nSPS) is 11.0. The molecule has 3 rings (SSSR count). The summed E-state index contributed by atoms with van der Waals surface area (Å²) in [6, 6.07) is 11.8. The number of aryl methyl sites for hydroxylation is 3. The van der Waals surface area contributed by atoms with Crippen LogP contribution in [0.3, 0.4) is 0 Å². The van der Waals surface area contributed by atoms with E-state index in [1.165, 1.54) is 11.1 Å². The number of carboxylic acid groups (broad SMARTS) is 1. The van der Waals surface area contributed by atoms with Crippen LogP contribution in [0, 0.1) is 13.8 Å². The number of carbonyl (C=O) groups is 1. The van der Waals surface area contributed by atoms with Gasteiger partial charge in [-0.25, -0.2) is 4.98 Å². The van der Waals surface area contributed by atoms with Gasteiger partial charge in [0.15, 0.2) is 0 Å². The van der Waals surface area contributed by atoms with Gasteiger partial charge in [-0.3, -0.25) is 4.79 Å². The molecule has 0 unspecified atom stereocenters. The molecule has 0 saturated heterocycles. The van der Waals surface area contributed by atoms with Crippen LogP contribution in [0.2, 0.25) is 0 Å². The SMILES string of the molecule is COc1ccc(-c2nc3cc(C)c(C)cc3n2CCC(=O)O)cc1. The summed E-state index contributed by atoms with van der Waals surface area (Å²) < 4.78 is 7.18. The van der Waals surface area contributed by atoms with Crippen molar-refractivity contribution in [3.8, 4) is 17.1 Å². The molecule has 2 aromatic carbocycles. The maximum Gasteiger partial charge on any atom is 0.305 e. The summed E-state index contributed by atoms with van der Waals surface area (Å²) in [7, 11) is 1.63. The van der Waals surface area contributed by atoms with Crippen molar-refractivity contribution in [1.29, 1.82) is 0 Å². The number of hydrogen-bond donors (Lipinski definition) is 1. The molecule has 5 heteroatoms. The summed E-state index contributed by atoms with van der Waals surface area (Å²) in [6.07, 6.45) is 0.0571. The van der Waals surface area contributed by atoms with Crippen molar-refractivity contribution >= 4 is 17.0 Å². The molecule has 0 aliphatic rings. The summed E-state index contributed by atoms with van der Waals surface area (Å²) >= 11 is 0. The minimum Gasteiger partial charge on any atom is -0.497 e. The second kappa shape index (κ2) is 6.35. The first-order chi connectivity index (χ1) is 11.5. The van der Waals surface area contributed by atoms with Crippen LogP contribution >= 0.6 is 0 Å². The van der Waals surface area contributed by atoms with Crippen LogP contribution in [0.25, 0.3) is 22.4 Å². The Bertz CT molecular complexity index is 895. The van der Waals surface area contributed by atoms with Crippen molar-refractivity contribution in [3.05, 3.63) is 47.5 Å². The fourth-order valence-corrected chi connectivity index (χ4v) is 2.77. The van der Waals surface area contributed by atoms with E-state index in [4.69, 9.17) is 14.8 Å². The number of methoxy groups -OCH3 is 1. The lowest BCUT2D eigenvalue weighted by Gasteiger charge is -2.09. The molecule has 124 valence electrons. The van der Waals surface area contributed by atoms with E-state index in [0.29, 0.717) is 6.54 Å². The topological polar surface area (TPSA) is 64.4 Å². The highest BCUT2D eigenvalue weighted by Gasteiger charge is 2.14. The fraction of sp³-hybridized carbons (Fsp3) is 0.263. The number of carboxylic acids is 1. The highest BCUT2D eigenvalue weighted by molar-refractivity contribution is 5.82. The Morgan fingerprint density at radius 1 is 1.17 bits per heavy atom. The van der Waals surface area contributed by atoms with Crippen molar-refractivity contribution < 1.29 is 14.6 Å². The number of ether oxygens (including phenoxy) is 1. The van der Waals surface area contributed by atoms with Crippen LogP contribution in [0.4, 0.5) is 0 Å². The zero-order valence-electron chi connectivity index (χ0n) is 14.0. The van der Waals surface area contributed by atoms with E-state index in [9.17, 15) is 4.79 Å². The van der Waals surface area contributed by atoms with Gasteiger partial charge in [-0.05, 0) is 61.4 Å². The highest BCUT2D eigenvalue weighted by Crippen LogP contribution is 2.28. The van der Waals surface area contributed by atoms with Crippen molar-refractivity contribution in [2.24, 2.45) is 0 Å². The summed E-state index contributed by atoms with van der Waals surface area (Å²) in [5.74, 6) is 0.735. The van der Waals surface area contributed by atoms with Crippen LogP contribution in [0.5, 0.6) is 5.75 Å². The predicted octanol–water partition coefficient (Wildman–Crippen LogP) is 3.80. The molecule has 0 bridgehead atoms. The number of benzene rings is 2. The molecule has 0 aliphatic heterocycles. The van der Waals surface area contributed by atoms with Crippen molar-refractivity contribution in [2.75, 3.05) is 7.11 Å². The molecule has 0 fully saturated rings. The van der Waals surface area contributed by atoms with Gasteiger partial charge in [0.05, 0.1) is 24.6 Å². The van der Waals surface area contributed by atoms with Crippen LogP contribution in [0.15, 0.2) is 36.4 Å². The maximum atomic E-state index is 11.0. The number of fused-ring (bicyclic) bond motifs is 1. The van der Waals surface area contributed by atoms with E-state index >= 15 is 0 Å². The van der Waals surface area contributed by atoms with Gasteiger partial charge >= 0.3 is 5.97 Å². The lowest BCUT2D eigenvalue weighted by molar-refractivity contribution is -0.137. The summed E-state index contributed by atoms with van der Waals surface area (Å²) in [6.45, 7) is 4.49. The Labute approximate surface area is 140 Å². The predicted molar refractivity (Wildman–Crippen MR) is 93.4 cm³/mol.